The fourth-order valence-corrected chi connectivity index (χ4v) is 3.23. The summed E-state index contributed by atoms with van der Waals surface area (Å²) in [5, 5.41) is 16.2. The molecule has 0 radical (unpaired) electrons. The molecule has 0 bridgehead atoms. The Labute approximate surface area is 152 Å². The van der Waals surface area contributed by atoms with Crippen LogP contribution in [0, 0.1) is 25.2 Å². The molecule has 0 spiro atoms. The molecule has 8 nitrogen and oxygen atoms in total. The lowest BCUT2D eigenvalue weighted by atomic mass is 9.83. The Kier molecular flexibility index (Phi) is 5.80. The summed E-state index contributed by atoms with van der Waals surface area (Å²) in [7, 11) is 1.67. The maximum Gasteiger partial charge on any atom is 0.380 e. The van der Waals surface area contributed by atoms with Crippen LogP contribution in [0.3, 0.4) is 0 Å². The van der Waals surface area contributed by atoms with Gasteiger partial charge in [0, 0.05) is 12.7 Å². The molecule has 8 heteroatoms. The fraction of sp³-hybridized carbons (Fsp3) is 0.611. The number of Topliss-reactive ketones (excluding diaryl/α,β-unsaturated/α-hetero) is 1. The number of nitrogens with one attached hydrogen (secondary N) is 1. The molecular weight excluding hydrogens is 336 g/mol. The average Bonchev–Trinajstić information content (AvgIpc) is 2.87. The number of nitrogens with zero attached hydrogens (tertiary/aromatic N) is 3. The van der Waals surface area contributed by atoms with Crippen molar-refractivity contribution in [2.24, 2.45) is 7.05 Å². The van der Waals surface area contributed by atoms with E-state index in [1.807, 2.05) is 0 Å². The van der Waals surface area contributed by atoms with E-state index in [1.165, 1.54) is 11.6 Å². The second kappa shape index (κ2) is 7.68. The summed E-state index contributed by atoms with van der Waals surface area (Å²) in [6.45, 7) is 4.69. The first-order chi connectivity index (χ1) is 12.2. The molecule has 140 valence electrons. The minimum Gasteiger partial charge on any atom is -0.447 e. The number of amides is 1. The average molecular weight is 360 g/mol. The van der Waals surface area contributed by atoms with Crippen molar-refractivity contribution in [3.8, 4) is 6.07 Å². The first-order valence-electron chi connectivity index (χ1n) is 8.69. The van der Waals surface area contributed by atoms with Crippen molar-refractivity contribution in [1.82, 2.24) is 15.1 Å². The SMILES string of the molecule is Cc1nn(C)c(C)c1C(=O)C(=O)OC(C)C(=O)NC1(C#N)CCCCC1. The van der Waals surface area contributed by atoms with Gasteiger partial charge in [-0.2, -0.15) is 10.4 Å². The van der Waals surface area contributed by atoms with E-state index in [9.17, 15) is 19.6 Å². The van der Waals surface area contributed by atoms with E-state index in [1.54, 1.807) is 20.9 Å². The van der Waals surface area contributed by atoms with E-state index in [2.05, 4.69) is 16.5 Å². The molecule has 0 aliphatic heterocycles. The Morgan fingerprint density at radius 2 is 1.88 bits per heavy atom. The Hall–Kier alpha value is -2.69. The molecule has 2 rings (SSSR count). The lowest BCUT2D eigenvalue weighted by Crippen LogP contribution is -2.52. The number of rotatable bonds is 5. The lowest BCUT2D eigenvalue weighted by Gasteiger charge is -2.32. The molecule has 0 saturated heterocycles. The van der Waals surface area contributed by atoms with Crippen molar-refractivity contribution in [1.29, 1.82) is 5.26 Å². The summed E-state index contributed by atoms with van der Waals surface area (Å²) < 4.78 is 6.54. The molecule has 1 fully saturated rings. The number of ether oxygens (including phenoxy) is 1. The highest BCUT2D eigenvalue weighted by molar-refractivity contribution is 6.41. The second-order valence-electron chi connectivity index (χ2n) is 6.79. The summed E-state index contributed by atoms with van der Waals surface area (Å²) in [5.74, 6) is -2.52. The van der Waals surface area contributed by atoms with E-state index in [-0.39, 0.29) is 5.56 Å². The van der Waals surface area contributed by atoms with Crippen molar-refractivity contribution >= 4 is 17.7 Å². The van der Waals surface area contributed by atoms with Crippen LogP contribution in [-0.4, -0.2) is 39.1 Å². The van der Waals surface area contributed by atoms with Crippen molar-refractivity contribution in [2.45, 2.75) is 64.5 Å². The topological polar surface area (TPSA) is 114 Å². The standard InChI is InChI=1S/C18H24N4O4/c1-11-14(12(2)22(4)21-11)15(23)17(25)26-13(3)16(24)20-18(10-19)8-6-5-7-9-18/h13H,5-9H2,1-4H3,(H,20,24). The van der Waals surface area contributed by atoms with Crippen molar-refractivity contribution in [3.05, 3.63) is 17.0 Å². The molecule has 26 heavy (non-hydrogen) atoms. The summed E-state index contributed by atoms with van der Waals surface area (Å²) in [5.41, 5.74) is 0.240. The van der Waals surface area contributed by atoms with Gasteiger partial charge in [-0.1, -0.05) is 19.3 Å². The third kappa shape index (κ3) is 3.93. The second-order valence-corrected chi connectivity index (χ2v) is 6.79. The van der Waals surface area contributed by atoms with Gasteiger partial charge in [-0.05, 0) is 33.6 Å². The lowest BCUT2D eigenvalue weighted by molar-refractivity contribution is -0.151. The van der Waals surface area contributed by atoms with E-state index in [0.29, 0.717) is 24.2 Å². The van der Waals surface area contributed by atoms with Gasteiger partial charge in [0.1, 0.15) is 5.54 Å². The predicted molar refractivity (Wildman–Crippen MR) is 92.1 cm³/mol. The summed E-state index contributed by atoms with van der Waals surface area (Å²) in [4.78, 5) is 36.9. The first kappa shape index (κ1) is 19.6. The monoisotopic (exact) mass is 360 g/mol. The summed E-state index contributed by atoms with van der Waals surface area (Å²) >= 11 is 0. The molecule has 1 atom stereocenters. The van der Waals surface area contributed by atoms with Gasteiger partial charge in [-0.3, -0.25) is 14.3 Å². The number of carbonyl (C=O) groups is 3. The van der Waals surface area contributed by atoms with Gasteiger partial charge < -0.3 is 10.1 Å². The summed E-state index contributed by atoms with van der Waals surface area (Å²) in [6.07, 6.45) is 2.73. The van der Waals surface area contributed by atoms with E-state index in [0.717, 1.165) is 19.3 Å². The van der Waals surface area contributed by atoms with Crippen LogP contribution in [0.25, 0.3) is 0 Å². The highest BCUT2D eigenvalue weighted by atomic mass is 16.6. The number of ketones is 1. The van der Waals surface area contributed by atoms with Gasteiger partial charge in [0.25, 0.3) is 11.7 Å². The van der Waals surface area contributed by atoms with Gasteiger partial charge in [-0.25, -0.2) is 4.79 Å². The zero-order chi connectivity index (χ0) is 19.5. The van der Waals surface area contributed by atoms with Gasteiger partial charge >= 0.3 is 5.97 Å². The third-order valence-corrected chi connectivity index (χ3v) is 4.86. The van der Waals surface area contributed by atoms with Crippen LogP contribution < -0.4 is 5.32 Å². The zero-order valence-electron chi connectivity index (χ0n) is 15.6. The highest BCUT2D eigenvalue weighted by Gasteiger charge is 2.36. The molecule has 1 aromatic rings. The van der Waals surface area contributed by atoms with Gasteiger partial charge in [0.2, 0.25) is 0 Å². The summed E-state index contributed by atoms with van der Waals surface area (Å²) in [6, 6.07) is 2.17. The first-order valence-corrected chi connectivity index (χ1v) is 8.69. The predicted octanol–water partition coefficient (Wildman–Crippen LogP) is 1.49. The zero-order valence-corrected chi connectivity index (χ0v) is 15.6. The highest BCUT2D eigenvalue weighted by Crippen LogP contribution is 2.27. The molecule has 1 heterocycles. The Balaban J connectivity index is 2.03. The van der Waals surface area contributed by atoms with Crippen LogP contribution in [-0.2, 0) is 21.4 Å². The minimum absolute atomic E-state index is 0.186. The molecule has 1 saturated carbocycles. The van der Waals surface area contributed by atoms with Crippen molar-refractivity contribution < 1.29 is 19.1 Å². The van der Waals surface area contributed by atoms with Crippen LogP contribution in [0.4, 0.5) is 0 Å². The van der Waals surface area contributed by atoms with Crippen molar-refractivity contribution in [3.63, 3.8) is 0 Å². The normalized spacial score (nSPS) is 17.0. The van der Waals surface area contributed by atoms with Gasteiger partial charge in [-0.15, -0.1) is 0 Å². The van der Waals surface area contributed by atoms with Crippen LogP contribution in [0.15, 0.2) is 0 Å². The molecule has 0 aromatic carbocycles. The van der Waals surface area contributed by atoms with Crippen LogP contribution >= 0.6 is 0 Å². The molecule has 1 amide bonds. The fourth-order valence-electron chi connectivity index (χ4n) is 3.23. The van der Waals surface area contributed by atoms with Crippen molar-refractivity contribution in [2.75, 3.05) is 0 Å². The molecule has 1 aromatic heterocycles. The molecule has 1 aliphatic rings. The van der Waals surface area contributed by atoms with E-state index in [4.69, 9.17) is 4.74 Å². The van der Waals surface area contributed by atoms with Gasteiger partial charge in [0.15, 0.2) is 6.10 Å². The minimum atomic E-state index is -1.17. The quantitative estimate of drug-likeness (QED) is 0.483. The third-order valence-electron chi connectivity index (χ3n) is 4.86. The Morgan fingerprint density at radius 3 is 2.38 bits per heavy atom. The smallest absolute Gasteiger partial charge is 0.380 e. The number of aromatic nitrogens is 2. The van der Waals surface area contributed by atoms with Gasteiger partial charge in [0.05, 0.1) is 17.3 Å². The van der Waals surface area contributed by atoms with Crippen LogP contribution in [0.5, 0.6) is 0 Å². The number of nitriles is 1. The molecule has 1 aliphatic carbocycles. The van der Waals surface area contributed by atoms with Crippen LogP contribution in [0.1, 0.15) is 60.8 Å². The largest absolute Gasteiger partial charge is 0.447 e. The van der Waals surface area contributed by atoms with E-state index >= 15 is 0 Å². The number of hydrogen-bond donors (Lipinski definition) is 1. The number of hydrogen-bond acceptors (Lipinski definition) is 6. The number of aryl methyl sites for hydroxylation is 2. The number of carbonyl (C=O) groups excluding carboxylic acids is 3. The molecular formula is C18H24N4O4. The maximum atomic E-state index is 12.4. The molecule has 1 unspecified atom stereocenters. The number of esters is 1. The van der Waals surface area contributed by atoms with E-state index < -0.39 is 29.3 Å². The Morgan fingerprint density at radius 1 is 1.27 bits per heavy atom. The Bertz CT molecular complexity index is 769. The van der Waals surface area contributed by atoms with Crippen LogP contribution in [0.2, 0.25) is 0 Å². The molecule has 1 N–H and O–H groups in total. The maximum absolute atomic E-state index is 12.4.